The molecule has 0 aromatic heterocycles. The molecule has 1 aromatic carbocycles. The standard InChI is InChI=1S/C11H11NO3S/c13-10-7-8-3-1-2-4-9(8)16-12(10)6-5-11(14)15/h1-4H,5-7H2,(H,14,15). The minimum atomic E-state index is -0.882. The zero-order valence-electron chi connectivity index (χ0n) is 8.55. The Kier molecular flexibility index (Phi) is 3.14. The van der Waals surface area contributed by atoms with Crippen LogP contribution in [0, 0.1) is 0 Å². The van der Waals surface area contributed by atoms with Crippen molar-refractivity contribution < 1.29 is 14.7 Å². The fourth-order valence-electron chi connectivity index (χ4n) is 1.53. The molecule has 0 unspecified atom stereocenters. The molecule has 5 heteroatoms. The van der Waals surface area contributed by atoms with E-state index in [1.54, 1.807) is 0 Å². The zero-order chi connectivity index (χ0) is 11.5. The van der Waals surface area contributed by atoms with Crippen molar-refractivity contribution in [2.75, 3.05) is 6.54 Å². The van der Waals surface area contributed by atoms with Gasteiger partial charge in [0.2, 0.25) is 5.91 Å². The number of fused-ring (bicyclic) bond motifs is 1. The van der Waals surface area contributed by atoms with Gasteiger partial charge in [-0.3, -0.25) is 13.9 Å². The number of rotatable bonds is 3. The van der Waals surface area contributed by atoms with Crippen LogP contribution in [0.25, 0.3) is 0 Å². The van der Waals surface area contributed by atoms with E-state index in [0.29, 0.717) is 6.42 Å². The molecule has 2 rings (SSSR count). The second-order valence-corrected chi connectivity index (χ2v) is 4.58. The third kappa shape index (κ3) is 2.36. The molecule has 0 bridgehead atoms. The van der Waals surface area contributed by atoms with Crippen molar-refractivity contribution in [1.82, 2.24) is 4.31 Å². The Bertz CT molecular complexity index is 433. The lowest BCUT2D eigenvalue weighted by Gasteiger charge is -2.26. The summed E-state index contributed by atoms with van der Waals surface area (Å²) in [6, 6.07) is 7.69. The molecule has 1 aliphatic rings. The Hall–Kier alpha value is -1.49. The van der Waals surface area contributed by atoms with E-state index in [1.807, 2.05) is 24.3 Å². The smallest absolute Gasteiger partial charge is 0.305 e. The van der Waals surface area contributed by atoms with Gasteiger partial charge in [-0.1, -0.05) is 18.2 Å². The first-order valence-corrected chi connectivity index (χ1v) is 5.72. The number of carboxylic acid groups (broad SMARTS) is 1. The second-order valence-electron chi connectivity index (χ2n) is 3.52. The predicted molar refractivity (Wildman–Crippen MR) is 60.0 cm³/mol. The molecule has 1 aliphatic heterocycles. The van der Waals surface area contributed by atoms with Crippen molar-refractivity contribution in [2.45, 2.75) is 17.7 Å². The fourth-order valence-corrected chi connectivity index (χ4v) is 2.51. The van der Waals surface area contributed by atoms with E-state index in [1.165, 1.54) is 16.3 Å². The number of carbonyl (C=O) groups is 2. The Morgan fingerprint density at radius 1 is 1.44 bits per heavy atom. The first-order chi connectivity index (χ1) is 7.66. The number of aliphatic carboxylic acids is 1. The zero-order valence-corrected chi connectivity index (χ0v) is 9.37. The highest BCUT2D eigenvalue weighted by atomic mass is 32.2. The van der Waals surface area contributed by atoms with Gasteiger partial charge in [0, 0.05) is 11.4 Å². The molecule has 0 radical (unpaired) electrons. The van der Waals surface area contributed by atoms with E-state index in [2.05, 4.69) is 0 Å². The van der Waals surface area contributed by atoms with Crippen LogP contribution in [-0.4, -0.2) is 27.8 Å². The summed E-state index contributed by atoms with van der Waals surface area (Å²) in [5.41, 5.74) is 1.02. The SMILES string of the molecule is O=C(O)CCN1Sc2ccccc2CC1=O. The van der Waals surface area contributed by atoms with Crippen LogP contribution in [0.3, 0.4) is 0 Å². The van der Waals surface area contributed by atoms with Crippen LogP contribution >= 0.6 is 11.9 Å². The molecular weight excluding hydrogens is 226 g/mol. The maximum Gasteiger partial charge on any atom is 0.305 e. The average Bonchev–Trinajstić information content (AvgIpc) is 2.26. The third-order valence-electron chi connectivity index (χ3n) is 2.33. The molecule has 0 fully saturated rings. The maximum absolute atomic E-state index is 11.7. The van der Waals surface area contributed by atoms with E-state index in [0.717, 1.165) is 10.5 Å². The van der Waals surface area contributed by atoms with Gasteiger partial charge in [0.05, 0.1) is 12.8 Å². The molecule has 1 heterocycles. The second kappa shape index (κ2) is 4.57. The van der Waals surface area contributed by atoms with E-state index < -0.39 is 5.97 Å². The lowest BCUT2D eigenvalue weighted by molar-refractivity contribution is -0.137. The highest BCUT2D eigenvalue weighted by Gasteiger charge is 2.23. The van der Waals surface area contributed by atoms with Gasteiger partial charge in [-0.15, -0.1) is 0 Å². The van der Waals surface area contributed by atoms with Crippen molar-refractivity contribution in [2.24, 2.45) is 0 Å². The van der Waals surface area contributed by atoms with Crippen LogP contribution in [0.5, 0.6) is 0 Å². The first kappa shape index (κ1) is 11.0. The van der Waals surface area contributed by atoms with Gasteiger partial charge in [-0.05, 0) is 23.6 Å². The molecule has 0 atom stereocenters. The van der Waals surface area contributed by atoms with Crippen LogP contribution in [0.2, 0.25) is 0 Å². The summed E-state index contributed by atoms with van der Waals surface area (Å²) >= 11 is 1.33. The van der Waals surface area contributed by atoms with E-state index in [4.69, 9.17) is 5.11 Å². The van der Waals surface area contributed by atoms with Gasteiger partial charge in [-0.25, -0.2) is 0 Å². The topological polar surface area (TPSA) is 57.6 Å². The maximum atomic E-state index is 11.7. The number of nitrogens with zero attached hydrogens (tertiary/aromatic N) is 1. The first-order valence-electron chi connectivity index (χ1n) is 4.95. The fraction of sp³-hybridized carbons (Fsp3) is 0.273. The van der Waals surface area contributed by atoms with Gasteiger partial charge in [0.15, 0.2) is 0 Å². The molecule has 1 N–H and O–H groups in total. The summed E-state index contributed by atoms with van der Waals surface area (Å²) in [6.45, 7) is 0.257. The predicted octanol–water partition coefficient (Wildman–Crippen LogP) is 1.55. The number of amides is 1. The van der Waals surface area contributed by atoms with E-state index >= 15 is 0 Å². The van der Waals surface area contributed by atoms with Crippen LogP contribution < -0.4 is 0 Å². The average molecular weight is 237 g/mol. The van der Waals surface area contributed by atoms with Crippen molar-refractivity contribution in [3.63, 3.8) is 0 Å². The Morgan fingerprint density at radius 2 is 2.19 bits per heavy atom. The van der Waals surface area contributed by atoms with E-state index in [-0.39, 0.29) is 18.9 Å². The molecule has 0 aliphatic carbocycles. The van der Waals surface area contributed by atoms with Crippen LogP contribution in [0.15, 0.2) is 29.2 Å². The summed E-state index contributed by atoms with van der Waals surface area (Å²) in [6.07, 6.45) is 0.351. The summed E-state index contributed by atoms with van der Waals surface area (Å²) in [7, 11) is 0. The molecule has 4 nitrogen and oxygen atoms in total. The largest absolute Gasteiger partial charge is 0.481 e. The lowest BCUT2D eigenvalue weighted by atomic mass is 10.1. The Morgan fingerprint density at radius 3 is 2.94 bits per heavy atom. The van der Waals surface area contributed by atoms with Crippen molar-refractivity contribution in [1.29, 1.82) is 0 Å². The van der Waals surface area contributed by atoms with Crippen molar-refractivity contribution in [3.8, 4) is 0 Å². The summed E-state index contributed by atoms with van der Waals surface area (Å²) in [5.74, 6) is -0.905. The molecule has 0 spiro atoms. The summed E-state index contributed by atoms with van der Waals surface area (Å²) in [5, 5.41) is 8.58. The Labute approximate surface area is 97.4 Å². The van der Waals surface area contributed by atoms with Crippen molar-refractivity contribution >= 4 is 23.8 Å². The number of carbonyl (C=O) groups excluding carboxylic acids is 1. The monoisotopic (exact) mass is 237 g/mol. The number of carboxylic acids is 1. The molecule has 1 amide bonds. The van der Waals surface area contributed by atoms with Gasteiger partial charge in [0.1, 0.15) is 0 Å². The molecule has 1 aromatic rings. The number of hydrogen-bond acceptors (Lipinski definition) is 3. The van der Waals surface area contributed by atoms with Gasteiger partial charge in [0.25, 0.3) is 0 Å². The third-order valence-corrected chi connectivity index (χ3v) is 3.53. The summed E-state index contributed by atoms with van der Waals surface area (Å²) in [4.78, 5) is 23.2. The molecule has 84 valence electrons. The Balaban J connectivity index is 2.09. The van der Waals surface area contributed by atoms with Gasteiger partial charge in [-0.2, -0.15) is 0 Å². The van der Waals surface area contributed by atoms with Gasteiger partial charge >= 0.3 is 5.97 Å². The highest BCUT2D eigenvalue weighted by molar-refractivity contribution is 7.97. The number of hydrogen-bond donors (Lipinski definition) is 1. The molecule has 0 saturated carbocycles. The molecule has 0 saturated heterocycles. The highest BCUT2D eigenvalue weighted by Crippen LogP contribution is 2.32. The summed E-state index contributed by atoms with van der Waals surface area (Å²) < 4.78 is 1.52. The normalized spacial score (nSPS) is 14.8. The van der Waals surface area contributed by atoms with Crippen LogP contribution in [0.1, 0.15) is 12.0 Å². The lowest BCUT2D eigenvalue weighted by Crippen LogP contribution is -2.31. The minimum absolute atomic E-state index is 0.0130. The van der Waals surface area contributed by atoms with E-state index in [9.17, 15) is 9.59 Å². The van der Waals surface area contributed by atoms with Crippen LogP contribution in [-0.2, 0) is 16.0 Å². The van der Waals surface area contributed by atoms with Crippen molar-refractivity contribution in [3.05, 3.63) is 29.8 Å². The quantitative estimate of drug-likeness (QED) is 0.810. The minimum Gasteiger partial charge on any atom is -0.481 e. The van der Waals surface area contributed by atoms with Crippen LogP contribution in [0.4, 0.5) is 0 Å². The molecular formula is C11H11NO3S. The van der Waals surface area contributed by atoms with Gasteiger partial charge < -0.3 is 5.11 Å². The molecule has 16 heavy (non-hydrogen) atoms. The number of benzene rings is 1.